The molecular formula is C35H40N4O8S. The molecule has 13 heteroatoms. The van der Waals surface area contributed by atoms with Crippen molar-refractivity contribution in [1.29, 1.82) is 0 Å². The Hall–Kier alpha value is -4.75. The molecule has 0 spiro atoms. The Morgan fingerprint density at radius 2 is 1.69 bits per heavy atom. The average Bonchev–Trinajstić information content (AvgIpc) is 3.69. The van der Waals surface area contributed by atoms with E-state index in [0.717, 1.165) is 26.0 Å². The van der Waals surface area contributed by atoms with Crippen LogP contribution >= 0.6 is 0 Å². The number of aryl methyl sites for hydroxylation is 1. The summed E-state index contributed by atoms with van der Waals surface area (Å²) in [4.78, 5) is 53.7. The number of carboxylic acid groups (broad SMARTS) is 1. The molecule has 0 aromatic heterocycles. The lowest BCUT2D eigenvalue weighted by molar-refractivity contribution is -0.142. The van der Waals surface area contributed by atoms with Gasteiger partial charge >= 0.3 is 12.1 Å². The number of ether oxygens (including phenoxy) is 1. The number of carbonyl (C=O) groups is 4. The first-order valence-corrected chi connectivity index (χ1v) is 17.2. The predicted molar refractivity (Wildman–Crippen MR) is 179 cm³/mol. The van der Waals surface area contributed by atoms with Crippen molar-refractivity contribution in [2.24, 2.45) is 0 Å². The molecule has 3 amide bonds. The molecule has 254 valence electrons. The third-order valence-corrected chi connectivity index (χ3v) is 10.2. The zero-order valence-electron chi connectivity index (χ0n) is 27.3. The number of nitrogens with zero attached hydrogens (tertiary/aromatic N) is 2. The summed E-state index contributed by atoms with van der Waals surface area (Å²) in [6.07, 6.45) is 0.122. The van der Waals surface area contributed by atoms with Gasteiger partial charge in [-0.05, 0) is 82.0 Å². The fraction of sp³-hybridized carbons (Fsp3) is 0.371. The van der Waals surface area contributed by atoms with Gasteiger partial charge in [-0.15, -0.1) is 0 Å². The van der Waals surface area contributed by atoms with Gasteiger partial charge in [0.2, 0.25) is 15.9 Å². The quantitative estimate of drug-likeness (QED) is 0.301. The van der Waals surface area contributed by atoms with Crippen LogP contribution in [0.5, 0.6) is 0 Å². The smallest absolute Gasteiger partial charge is 0.421 e. The lowest BCUT2D eigenvalue weighted by atomic mass is 10.0. The molecule has 0 bridgehead atoms. The van der Waals surface area contributed by atoms with E-state index < -0.39 is 57.6 Å². The number of hydrogen-bond acceptors (Lipinski definition) is 8. The summed E-state index contributed by atoms with van der Waals surface area (Å²) < 4.78 is 33.4. The monoisotopic (exact) mass is 676 g/mol. The Kier molecular flexibility index (Phi) is 9.92. The van der Waals surface area contributed by atoms with Crippen LogP contribution in [0.1, 0.15) is 50.3 Å². The Bertz CT molecular complexity index is 1780. The van der Waals surface area contributed by atoms with E-state index >= 15 is 0 Å². The lowest BCUT2D eigenvalue weighted by Gasteiger charge is -2.28. The van der Waals surface area contributed by atoms with Crippen LogP contribution in [0.3, 0.4) is 0 Å². The second-order valence-electron chi connectivity index (χ2n) is 13.1. The molecule has 1 fully saturated rings. The summed E-state index contributed by atoms with van der Waals surface area (Å²) in [5.41, 5.74) is 2.52. The Morgan fingerprint density at radius 1 is 1.02 bits per heavy atom. The summed E-state index contributed by atoms with van der Waals surface area (Å²) in [6, 6.07) is 16.9. The van der Waals surface area contributed by atoms with E-state index in [9.17, 15) is 32.7 Å². The van der Waals surface area contributed by atoms with Crippen LogP contribution < -0.4 is 15.5 Å². The molecular weight excluding hydrogens is 636 g/mol. The van der Waals surface area contributed by atoms with E-state index in [0.29, 0.717) is 18.4 Å². The number of carboxylic acids is 1. The fourth-order valence-electron chi connectivity index (χ4n) is 5.85. The number of anilines is 2. The van der Waals surface area contributed by atoms with Gasteiger partial charge in [-0.2, -0.15) is 4.31 Å². The van der Waals surface area contributed by atoms with Crippen LogP contribution in [-0.2, 0) is 42.0 Å². The molecule has 2 aliphatic rings. The minimum Gasteiger partial charge on any atom is -0.480 e. The second kappa shape index (κ2) is 13.8. The number of amides is 3. The van der Waals surface area contributed by atoms with Gasteiger partial charge in [0.15, 0.2) is 0 Å². The zero-order chi connectivity index (χ0) is 34.8. The third kappa shape index (κ3) is 7.69. The van der Waals surface area contributed by atoms with E-state index in [1.807, 2.05) is 31.2 Å². The first-order valence-electron chi connectivity index (χ1n) is 15.8. The van der Waals surface area contributed by atoms with E-state index in [4.69, 9.17) is 4.74 Å². The highest BCUT2D eigenvalue weighted by Gasteiger charge is 2.41. The largest absolute Gasteiger partial charge is 0.480 e. The molecule has 5 rings (SSSR count). The highest BCUT2D eigenvalue weighted by molar-refractivity contribution is 7.89. The van der Waals surface area contributed by atoms with E-state index in [-0.39, 0.29) is 30.0 Å². The molecule has 2 heterocycles. The standard InChI is InChI=1S/C35H40N4O8S/c1-22-11-17-26(18-12-22)48(45,46)38-19-7-10-30(38)31(40)37-29(33(42)43)20-23-13-15-25(16-14-23)39(34(44)47-35(2,3)4)32(41)28-21-24-8-5-6-9-27(24)36-28/h5-6,8-9,11-18,28-30,36H,7,10,19-21H2,1-4H3,(H,37,40)(H,42,43)/t28?,29-,30-/m0/s1. The van der Waals surface area contributed by atoms with Gasteiger partial charge in [0.05, 0.1) is 10.6 Å². The number of para-hydroxylation sites is 1. The number of nitrogens with one attached hydrogen (secondary N) is 2. The number of rotatable bonds is 9. The van der Waals surface area contributed by atoms with E-state index in [1.165, 1.54) is 24.3 Å². The normalized spacial score (nSPS) is 18.3. The summed E-state index contributed by atoms with van der Waals surface area (Å²) in [5.74, 6) is -2.50. The van der Waals surface area contributed by atoms with Crippen molar-refractivity contribution in [3.8, 4) is 0 Å². The molecule has 12 nitrogen and oxygen atoms in total. The minimum atomic E-state index is -3.97. The topological polar surface area (TPSA) is 162 Å². The van der Waals surface area contributed by atoms with Gasteiger partial charge in [-0.3, -0.25) is 9.59 Å². The maximum Gasteiger partial charge on any atom is 0.421 e. The number of aliphatic carboxylic acids is 1. The number of hydrogen-bond donors (Lipinski definition) is 3. The van der Waals surface area contributed by atoms with Crippen molar-refractivity contribution >= 4 is 45.3 Å². The molecule has 48 heavy (non-hydrogen) atoms. The molecule has 1 saturated heterocycles. The SMILES string of the molecule is Cc1ccc(S(=O)(=O)N2CCC[C@H]2C(=O)N[C@@H](Cc2ccc(N(C(=O)OC(C)(C)C)C(=O)C3Cc4ccccc4N3)cc2)C(=O)O)cc1. The first kappa shape index (κ1) is 34.6. The van der Waals surface area contributed by atoms with Gasteiger partial charge in [-0.1, -0.05) is 48.0 Å². The third-order valence-electron chi connectivity index (χ3n) is 8.25. The zero-order valence-corrected chi connectivity index (χ0v) is 28.1. The summed E-state index contributed by atoms with van der Waals surface area (Å²) in [5, 5.41) is 15.7. The fourth-order valence-corrected chi connectivity index (χ4v) is 7.51. The van der Waals surface area contributed by atoms with Crippen LogP contribution in [0, 0.1) is 6.92 Å². The van der Waals surface area contributed by atoms with Gasteiger partial charge in [0.1, 0.15) is 23.7 Å². The van der Waals surface area contributed by atoms with Crippen LogP contribution in [0.2, 0.25) is 0 Å². The van der Waals surface area contributed by atoms with E-state index in [1.54, 1.807) is 45.0 Å². The van der Waals surface area contributed by atoms with Crippen LogP contribution in [0.4, 0.5) is 16.2 Å². The molecule has 3 atom stereocenters. The summed E-state index contributed by atoms with van der Waals surface area (Å²) >= 11 is 0. The Labute approximate surface area is 280 Å². The number of sulfonamides is 1. The number of carbonyl (C=O) groups excluding carboxylic acids is 3. The van der Waals surface area contributed by atoms with Crippen molar-refractivity contribution in [2.45, 2.75) is 82.0 Å². The van der Waals surface area contributed by atoms with Crippen LogP contribution in [0.15, 0.2) is 77.7 Å². The minimum absolute atomic E-state index is 0.0647. The highest BCUT2D eigenvalue weighted by Crippen LogP contribution is 2.29. The van der Waals surface area contributed by atoms with Gasteiger partial charge in [-0.25, -0.2) is 22.9 Å². The summed E-state index contributed by atoms with van der Waals surface area (Å²) in [7, 11) is -3.97. The Morgan fingerprint density at radius 3 is 2.31 bits per heavy atom. The number of benzene rings is 3. The highest BCUT2D eigenvalue weighted by atomic mass is 32.2. The van der Waals surface area contributed by atoms with E-state index in [2.05, 4.69) is 10.6 Å². The maximum atomic E-state index is 13.7. The van der Waals surface area contributed by atoms with Gasteiger partial charge in [0, 0.05) is 25.1 Å². The van der Waals surface area contributed by atoms with Crippen molar-refractivity contribution in [3.05, 3.63) is 89.5 Å². The van der Waals surface area contributed by atoms with Crippen molar-refractivity contribution in [3.63, 3.8) is 0 Å². The summed E-state index contributed by atoms with van der Waals surface area (Å²) in [6.45, 7) is 7.07. The van der Waals surface area contributed by atoms with Crippen molar-refractivity contribution in [2.75, 3.05) is 16.8 Å². The lowest BCUT2D eigenvalue weighted by Crippen LogP contribution is -2.51. The molecule has 0 radical (unpaired) electrons. The molecule has 3 N–H and O–H groups in total. The van der Waals surface area contributed by atoms with Crippen LogP contribution in [0.25, 0.3) is 0 Å². The average molecular weight is 677 g/mol. The molecule has 0 aliphatic carbocycles. The van der Waals surface area contributed by atoms with Crippen molar-refractivity contribution < 1.29 is 37.4 Å². The maximum absolute atomic E-state index is 13.7. The second-order valence-corrected chi connectivity index (χ2v) is 15.0. The number of fused-ring (bicyclic) bond motifs is 1. The van der Waals surface area contributed by atoms with Crippen molar-refractivity contribution in [1.82, 2.24) is 9.62 Å². The molecule has 3 aromatic carbocycles. The predicted octanol–water partition coefficient (Wildman–Crippen LogP) is 4.27. The molecule has 2 aliphatic heterocycles. The Balaban J connectivity index is 1.31. The molecule has 0 saturated carbocycles. The van der Waals surface area contributed by atoms with Gasteiger partial charge < -0.3 is 20.5 Å². The van der Waals surface area contributed by atoms with Gasteiger partial charge in [0.25, 0.3) is 5.91 Å². The molecule has 3 aromatic rings. The molecule has 1 unspecified atom stereocenters. The first-order chi connectivity index (χ1) is 22.6. The number of imide groups is 1. The van der Waals surface area contributed by atoms with Crippen LogP contribution in [-0.4, -0.2) is 72.0 Å².